The van der Waals surface area contributed by atoms with Crippen molar-refractivity contribution in [2.75, 3.05) is 12.4 Å². The number of carbonyl (C=O) groups is 1. The molecule has 5 N–H and O–H groups in total. The van der Waals surface area contributed by atoms with Crippen LogP contribution in [0.2, 0.25) is 0 Å². The number of fused-ring (bicyclic) bond motifs is 2. The number of benzene rings is 1. The van der Waals surface area contributed by atoms with Gasteiger partial charge in [-0.2, -0.15) is 0 Å². The van der Waals surface area contributed by atoms with Gasteiger partial charge in [-0.25, -0.2) is 0 Å². The third-order valence-electron chi connectivity index (χ3n) is 5.94. The van der Waals surface area contributed by atoms with Crippen molar-refractivity contribution in [1.29, 1.82) is 0 Å². The highest BCUT2D eigenvalue weighted by atomic mass is 16.5. The van der Waals surface area contributed by atoms with Gasteiger partial charge in [0.2, 0.25) is 5.91 Å². The number of amides is 1. The number of carbonyl (C=O) groups excluding carboxylic acids is 1. The summed E-state index contributed by atoms with van der Waals surface area (Å²) in [5, 5.41) is 45.0. The maximum atomic E-state index is 12.5. The largest absolute Gasteiger partial charge is 0.508 e. The number of aromatic hydroxyl groups is 1. The summed E-state index contributed by atoms with van der Waals surface area (Å²) >= 11 is 0. The number of nitrogens with one attached hydrogen (secondary N) is 1. The van der Waals surface area contributed by atoms with E-state index in [0.717, 1.165) is 11.1 Å². The summed E-state index contributed by atoms with van der Waals surface area (Å²) < 4.78 is 5.47. The second-order valence-corrected chi connectivity index (χ2v) is 9.29. The predicted octanol–water partition coefficient (Wildman–Crippen LogP) is 3.24. The Kier molecular flexibility index (Phi) is 9.43. The first-order valence-electron chi connectivity index (χ1n) is 11.2. The summed E-state index contributed by atoms with van der Waals surface area (Å²) in [5.74, 6) is -0.723. The Hall–Kier alpha value is -2.45. The highest BCUT2D eigenvalue weighted by molar-refractivity contribution is 5.91. The molecule has 0 unspecified atom stereocenters. The molecule has 1 aliphatic heterocycles. The number of hydrogen-bond donors (Lipinski definition) is 5. The molecule has 1 aliphatic rings. The van der Waals surface area contributed by atoms with Crippen molar-refractivity contribution in [3.8, 4) is 5.75 Å². The summed E-state index contributed by atoms with van der Waals surface area (Å²) in [6.07, 6.45) is 5.02. The molecule has 0 saturated heterocycles. The summed E-state index contributed by atoms with van der Waals surface area (Å²) in [6.45, 7) is 7.04. The van der Waals surface area contributed by atoms with Crippen LogP contribution in [0, 0.1) is 5.92 Å². The molecule has 1 aromatic rings. The zero-order valence-electron chi connectivity index (χ0n) is 20.1. The van der Waals surface area contributed by atoms with E-state index in [-0.39, 0.29) is 30.4 Å². The highest BCUT2D eigenvalue weighted by Gasteiger charge is 2.34. The normalized spacial score (nSPS) is 34.5. The van der Waals surface area contributed by atoms with Gasteiger partial charge in [0.15, 0.2) is 0 Å². The van der Waals surface area contributed by atoms with E-state index >= 15 is 0 Å². The van der Waals surface area contributed by atoms with Gasteiger partial charge in [0.25, 0.3) is 0 Å². The van der Waals surface area contributed by atoms with E-state index in [4.69, 9.17) is 4.74 Å². The van der Waals surface area contributed by atoms with Gasteiger partial charge in [-0.15, -0.1) is 0 Å². The molecule has 2 bridgehead atoms. The number of aliphatic hydroxyl groups excluding tert-OH is 2. The molecule has 0 aliphatic carbocycles. The molecule has 0 aromatic heterocycles. The zero-order chi connectivity index (χ0) is 24.8. The van der Waals surface area contributed by atoms with Gasteiger partial charge in [-0.05, 0) is 50.5 Å². The zero-order valence-corrected chi connectivity index (χ0v) is 20.1. The molecule has 33 heavy (non-hydrogen) atoms. The molecule has 1 heterocycles. The van der Waals surface area contributed by atoms with Gasteiger partial charge >= 0.3 is 0 Å². The van der Waals surface area contributed by atoms with E-state index in [1.807, 2.05) is 13.0 Å². The van der Waals surface area contributed by atoms with Crippen molar-refractivity contribution in [2.24, 2.45) is 5.92 Å². The maximum absolute atomic E-state index is 12.5. The Balaban J connectivity index is 2.42. The van der Waals surface area contributed by atoms with Crippen LogP contribution in [0.1, 0.15) is 46.1 Å². The quantitative estimate of drug-likeness (QED) is 0.412. The first kappa shape index (κ1) is 26.8. The second-order valence-electron chi connectivity index (χ2n) is 9.29. The fraction of sp³-hybridized carbons (Fsp3) is 0.500. The molecule has 0 spiro atoms. The van der Waals surface area contributed by atoms with E-state index in [2.05, 4.69) is 5.32 Å². The van der Waals surface area contributed by atoms with Crippen molar-refractivity contribution in [3.05, 3.63) is 59.2 Å². The molecule has 0 fully saturated rings. The number of rotatable bonds is 1. The van der Waals surface area contributed by atoms with E-state index in [1.54, 1.807) is 51.1 Å². The molecule has 5 atom stereocenters. The number of methoxy groups -OCH3 is 1. The van der Waals surface area contributed by atoms with E-state index in [9.17, 15) is 25.2 Å². The van der Waals surface area contributed by atoms with Crippen LogP contribution < -0.4 is 5.32 Å². The maximum Gasteiger partial charge on any atom is 0.227 e. The standard InChI is InChI=1S/C26H37NO6/c1-16-7-6-8-24(33-5)26(4,32)15-23(30)18(3)10-17(2)22(29)14-25(31)27-20-11-19(9-16)12-21(28)13-20/h6-8,10-13,18,22-24,28-30,32H,9,14-15H2,1-5H3,(H,27,31)/b8-6+,16-7+,17-10+/t18-,22-,23-,24+,26-/m0/s1. The minimum Gasteiger partial charge on any atom is -0.508 e. The molecule has 7 nitrogen and oxygen atoms in total. The van der Waals surface area contributed by atoms with Crippen molar-refractivity contribution in [2.45, 2.75) is 70.9 Å². The number of phenols is 1. The van der Waals surface area contributed by atoms with Crippen molar-refractivity contribution >= 4 is 11.6 Å². The lowest BCUT2D eigenvalue weighted by molar-refractivity contribution is -0.117. The minimum absolute atomic E-state index is 0.0342. The van der Waals surface area contributed by atoms with Crippen LogP contribution in [-0.2, 0) is 16.0 Å². The Morgan fingerprint density at radius 3 is 2.55 bits per heavy atom. The van der Waals surface area contributed by atoms with Crippen LogP contribution in [0.4, 0.5) is 5.69 Å². The van der Waals surface area contributed by atoms with Crippen molar-refractivity contribution in [1.82, 2.24) is 0 Å². The first-order valence-corrected chi connectivity index (χ1v) is 11.2. The summed E-state index contributed by atoms with van der Waals surface area (Å²) in [7, 11) is 1.50. The average molecular weight is 460 g/mol. The first-order chi connectivity index (χ1) is 15.4. The topological polar surface area (TPSA) is 119 Å². The van der Waals surface area contributed by atoms with Crippen LogP contribution in [0.15, 0.2) is 53.6 Å². The van der Waals surface area contributed by atoms with Crippen LogP contribution in [0.3, 0.4) is 0 Å². The molecule has 1 amide bonds. The highest BCUT2D eigenvalue weighted by Crippen LogP contribution is 2.26. The lowest BCUT2D eigenvalue weighted by Crippen LogP contribution is -2.43. The second kappa shape index (κ2) is 11.6. The molecular weight excluding hydrogens is 422 g/mol. The number of anilines is 1. The predicted molar refractivity (Wildman–Crippen MR) is 129 cm³/mol. The third-order valence-corrected chi connectivity index (χ3v) is 5.94. The van der Waals surface area contributed by atoms with Crippen LogP contribution in [0.25, 0.3) is 0 Å². The van der Waals surface area contributed by atoms with Crippen LogP contribution in [-0.4, -0.2) is 57.4 Å². The fourth-order valence-electron chi connectivity index (χ4n) is 4.00. The number of ether oxygens (including phenoxy) is 1. The van der Waals surface area contributed by atoms with Gasteiger partial charge in [0.1, 0.15) is 11.9 Å². The molecule has 0 saturated carbocycles. The summed E-state index contributed by atoms with van der Waals surface area (Å²) in [5.41, 5.74) is 1.47. The number of allylic oxidation sites excluding steroid dienone is 3. The monoisotopic (exact) mass is 459 g/mol. The minimum atomic E-state index is -1.33. The lowest BCUT2D eigenvalue weighted by Gasteiger charge is -2.33. The fourth-order valence-corrected chi connectivity index (χ4v) is 4.00. The van der Waals surface area contributed by atoms with Crippen LogP contribution in [0.5, 0.6) is 5.75 Å². The lowest BCUT2D eigenvalue weighted by atomic mass is 9.86. The molecule has 1 aromatic carbocycles. The molecule has 0 radical (unpaired) electrons. The molecular formula is C26H37NO6. The van der Waals surface area contributed by atoms with Gasteiger partial charge in [0, 0.05) is 31.2 Å². The Morgan fingerprint density at radius 1 is 1.18 bits per heavy atom. The SMILES string of the molecule is CO[C@@H]1/C=C/C=C(\C)Cc2cc(O)cc(c2)NC(=O)C[C@H](O)/C(C)=C/[C@H](C)[C@@H](O)C[C@]1(C)O. The third kappa shape index (κ3) is 8.12. The van der Waals surface area contributed by atoms with Crippen LogP contribution >= 0.6 is 0 Å². The van der Waals surface area contributed by atoms with Crippen molar-refractivity contribution in [3.63, 3.8) is 0 Å². The molecule has 182 valence electrons. The van der Waals surface area contributed by atoms with Gasteiger partial charge in [-0.3, -0.25) is 4.79 Å². The Bertz CT molecular complexity index is 917. The number of aliphatic hydroxyl groups is 3. The van der Waals surface area contributed by atoms with E-state index in [1.165, 1.54) is 13.2 Å². The Morgan fingerprint density at radius 2 is 1.88 bits per heavy atom. The number of hydrogen-bond acceptors (Lipinski definition) is 6. The number of phenolic OH excluding ortho intramolecular Hbond substituents is 1. The summed E-state index contributed by atoms with van der Waals surface area (Å²) in [6, 6.07) is 4.87. The van der Waals surface area contributed by atoms with E-state index < -0.39 is 23.9 Å². The van der Waals surface area contributed by atoms with Gasteiger partial charge in [-0.1, -0.05) is 36.8 Å². The Labute approximate surface area is 196 Å². The van der Waals surface area contributed by atoms with Gasteiger partial charge in [0.05, 0.1) is 24.2 Å². The summed E-state index contributed by atoms with van der Waals surface area (Å²) in [4.78, 5) is 12.5. The average Bonchev–Trinajstić information content (AvgIpc) is 2.69. The molecule has 7 heteroatoms. The molecule has 2 rings (SSSR count). The van der Waals surface area contributed by atoms with E-state index in [0.29, 0.717) is 17.7 Å². The van der Waals surface area contributed by atoms with Gasteiger partial charge < -0.3 is 30.5 Å². The van der Waals surface area contributed by atoms with Crippen molar-refractivity contribution < 1.29 is 30.0 Å². The smallest absolute Gasteiger partial charge is 0.227 e.